The normalized spacial score (nSPS) is 11.9. The lowest BCUT2D eigenvalue weighted by Crippen LogP contribution is -2.08. The fraction of sp³-hybridized carbons (Fsp3) is 0.214. The molecule has 0 saturated carbocycles. The quantitative estimate of drug-likeness (QED) is 0.764. The van der Waals surface area contributed by atoms with Gasteiger partial charge in [-0.3, -0.25) is 4.98 Å². The minimum atomic E-state index is -0.211. The van der Waals surface area contributed by atoms with Crippen LogP contribution in [0.4, 0.5) is 5.82 Å². The van der Waals surface area contributed by atoms with Gasteiger partial charge in [0.05, 0.1) is 7.11 Å². The van der Waals surface area contributed by atoms with Gasteiger partial charge in [0.15, 0.2) is 0 Å². The molecule has 0 fully saturated rings. The van der Waals surface area contributed by atoms with Crippen LogP contribution in [0.5, 0.6) is 5.88 Å². The van der Waals surface area contributed by atoms with E-state index in [4.69, 9.17) is 9.26 Å². The molecule has 0 saturated heterocycles. The molecule has 3 heterocycles. The van der Waals surface area contributed by atoms with Crippen LogP contribution < -0.4 is 10.1 Å². The van der Waals surface area contributed by atoms with Gasteiger partial charge in [-0.25, -0.2) is 9.97 Å². The molecule has 0 unspecified atom stereocenters. The summed E-state index contributed by atoms with van der Waals surface area (Å²) >= 11 is 0. The van der Waals surface area contributed by atoms with Gasteiger partial charge < -0.3 is 14.6 Å². The topological polar surface area (TPSA) is 98.8 Å². The summed E-state index contributed by atoms with van der Waals surface area (Å²) in [6.45, 7) is 1.90. The number of hydrogen-bond acceptors (Lipinski definition) is 8. The number of hydrogen-bond donors (Lipinski definition) is 1. The lowest BCUT2D eigenvalue weighted by molar-refractivity contribution is 0.367. The second kappa shape index (κ2) is 6.17. The van der Waals surface area contributed by atoms with Gasteiger partial charge in [0.25, 0.3) is 0 Å². The summed E-state index contributed by atoms with van der Waals surface area (Å²) in [5.74, 6) is 2.04. The lowest BCUT2D eigenvalue weighted by atomic mass is 10.3. The van der Waals surface area contributed by atoms with Crippen molar-refractivity contribution in [3.05, 3.63) is 42.8 Å². The molecule has 0 aliphatic rings. The maximum absolute atomic E-state index is 5.28. The Morgan fingerprint density at radius 2 is 2.23 bits per heavy atom. The predicted octanol–water partition coefficient (Wildman–Crippen LogP) is 2.10. The molecule has 1 N–H and O–H groups in total. The van der Waals surface area contributed by atoms with Crippen molar-refractivity contribution in [2.24, 2.45) is 0 Å². The SMILES string of the molecule is COc1cc(N[C@H](C)c2nc(-c3cccnc3)no2)ncn1. The summed E-state index contributed by atoms with van der Waals surface area (Å²) in [7, 11) is 1.55. The molecule has 1 atom stereocenters. The standard InChI is InChI=1S/C14H14N6O2/c1-9(18-11-6-12(21-2)17-8-16-11)14-19-13(20-22-14)10-4-3-5-15-7-10/h3-9H,1-2H3,(H,16,17,18)/t9-/m1/s1. The Hall–Kier alpha value is -3.03. The van der Waals surface area contributed by atoms with Crippen LogP contribution in [0.25, 0.3) is 11.4 Å². The van der Waals surface area contributed by atoms with Crippen LogP contribution in [0, 0.1) is 0 Å². The molecular weight excluding hydrogens is 284 g/mol. The zero-order valence-corrected chi connectivity index (χ0v) is 12.1. The zero-order valence-electron chi connectivity index (χ0n) is 12.1. The number of nitrogens with zero attached hydrogens (tertiary/aromatic N) is 5. The van der Waals surface area contributed by atoms with Gasteiger partial charge >= 0.3 is 0 Å². The number of aromatic nitrogens is 5. The third kappa shape index (κ3) is 3.00. The molecule has 0 aliphatic carbocycles. The van der Waals surface area contributed by atoms with E-state index in [-0.39, 0.29) is 6.04 Å². The van der Waals surface area contributed by atoms with Crippen molar-refractivity contribution < 1.29 is 9.26 Å². The van der Waals surface area contributed by atoms with Gasteiger partial charge in [0, 0.05) is 24.0 Å². The average molecular weight is 298 g/mol. The first-order valence-corrected chi connectivity index (χ1v) is 6.63. The Morgan fingerprint density at radius 3 is 3.00 bits per heavy atom. The fourth-order valence-corrected chi connectivity index (χ4v) is 1.84. The van der Waals surface area contributed by atoms with Gasteiger partial charge in [-0.15, -0.1) is 0 Å². The molecule has 8 heteroatoms. The molecular formula is C14H14N6O2. The van der Waals surface area contributed by atoms with Crippen molar-refractivity contribution in [1.29, 1.82) is 0 Å². The maximum atomic E-state index is 5.28. The summed E-state index contributed by atoms with van der Waals surface area (Å²) in [4.78, 5) is 16.5. The molecule has 8 nitrogen and oxygen atoms in total. The monoisotopic (exact) mass is 298 g/mol. The smallest absolute Gasteiger partial charge is 0.249 e. The lowest BCUT2D eigenvalue weighted by Gasteiger charge is -2.10. The number of methoxy groups -OCH3 is 1. The summed E-state index contributed by atoms with van der Waals surface area (Å²) < 4.78 is 10.3. The van der Waals surface area contributed by atoms with Crippen molar-refractivity contribution in [1.82, 2.24) is 25.1 Å². The van der Waals surface area contributed by atoms with Crippen LogP contribution in [-0.2, 0) is 0 Å². The summed E-state index contributed by atoms with van der Waals surface area (Å²) in [6, 6.07) is 5.17. The van der Waals surface area contributed by atoms with Crippen molar-refractivity contribution >= 4 is 5.82 Å². The van der Waals surface area contributed by atoms with E-state index in [1.807, 2.05) is 19.1 Å². The van der Waals surface area contributed by atoms with Crippen LogP contribution in [0.2, 0.25) is 0 Å². The molecule has 0 aliphatic heterocycles. The molecule has 0 radical (unpaired) electrons. The van der Waals surface area contributed by atoms with Crippen LogP contribution in [-0.4, -0.2) is 32.2 Å². The van der Waals surface area contributed by atoms with Gasteiger partial charge in [-0.05, 0) is 19.1 Å². The van der Waals surface area contributed by atoms with Crippen LogP contribution in [0.1, 0.15) is 18.9 Å². The molecule has 112 valence electrons. The first-order valence-electron chi connectivity index (χ1n) is 6.63. The van der Waals surface area contributed by atoms with E-state index in [0.717, 1.165) is 5.56 Å². The third-order valence-electron chi connectivity index (χ3n) is 2.95. The summed E-state index contributed by atoms with van der Waals surface area (Å²) in [5.41, 5.74) is 0.799. The highest BCUT2D eigenvalue weighted by Crippen LogP contribution is 2.21. The molecule has 3 aromatic heterocycles. The molecule has 3 rings (SSSR count). The Bertz CT molecular complexity index is 746. The van der Waals surface area contributed by atoms with E-state index in [2.05, 4.69) is 30.4 Å². The molecule has 22 heavy (non-hydrogen) atoms. The number of rotatable bonds is 5. The first-order chi connectivity index (χ1) is 10.8. The molecule has 3 aromatic rings. The van der Waals surface area contributed by atoms with Crippen molar-refractivity contribution in [2.75, 3.05) is 12.4 Å². The van der Waals surface area contributed by atoms with Crippen LogP contribution in [0.15, 0.2) is 41.4 Å². The van der Waals surface area contributed by atoms with E-state index in [9.17, 15) is 0 Å². The number of anilines is 1. The molecule has 0 bridgehead atoms. The van der Waals surface area contributed by atoms with E-state index < -0.39 is 0 Å². The Labute approximate surface area is 126 Å². The Morgan fingerprint density at radius 1 is 1.32 bits per heavy atom. The van der Waals surface area contributed by atoms with Gasteiger partial charge in [0.2, 0.25) is 17.6 Å². The number of ether oxygens (including phenoxy) is 1. The average Bonchev–Trinajstić information content (AvgIpc) is 3.06. The number of nitrogens with one attached hydrogen (secondary N) is 1. The molecule has 0 aromatic carbocycles. The summed E-state index contributed by atoms with van der Waals surface area (Å²) in [6.07, 6.45) is 4.79. The first kappa shape index (κ1) is 13.9. The maximum Gasteiger partial charge on any atom is 0.249 e. The highest BCUT2D eigenvalue weighted by Gasteiger charge is 2.16. The van der Waals surface area contributed by atoms with E-state index in [1.165, 1.54) is 6.33 Å². The van der Waals surface area contributed by atoms with Gasteiger partial charge in [0.1, 0.15) is 18.2 Å². The van der Waals surface area contributed by atoms with Crippen molar-refractivity contribution in [3.8, 4) is 17.3 Å². The zero-order chi connectivity index (χ0) is 15.4. The molecule has 0 amide bonds. The highest BCUT2D eigenvalue weighted by molar-refractivity contribution is 5.52. The van der Waals surface area contributed by atoms with Crippen LogP contribution >= 0.6 is 0 Å². The van der Waals surface area contributed by atoms with Crippen molar-refractivity contribution in [2.45, 2.75) is 13.0 Å². The minimum Gasteiger partial charge on any atom is -0.481 e. The minimum absolute atomic E-state index is 0.211. The second-order valence-electron chi connectivity index (χ2n) is 4.51. The number of pyridine rings is 1. The Balaban J connectivity index is 1.75. The van der Waals surface area contributed by atoms with Crippen molar-refractivity contribution in [3.63, 3.8) is 0 Å². The van der Waals surface area contributed by atoms with E-state index in [0.29, 0.717) is 23.4 Å². The van der Waals surface area contributed by atoms with E-state index in [1.54, 1.807) is 25.6 Å². The van der Waals surface area contributed by atoms with Gasteiger partial charge in [-0.2, -0.15) is 4.98 Å². The van der Waals surface area contributed by atoms with Gasteiger partial charge in [-0.1, -0.05) is 5.16 Å². The predicted molar refractivity (Wildman–Crippen MR) is 78.2 cm³/mol. The second-order valence-corrected chi connectivity index (χ2v) is 4.51. The van der Waals surface area contributed by atoms with E-state index >= 15 is 0 Å². The third-order valence-corrected chi connectivity index (χ3v) is 2.95. The fourth-order valence-electron chi connectivity index (χ4n) is 1.84. The molecule has 0 spiro atoms. The highest BCUT2D eigenvalue weighted by atomic mass is 16.5. The van der Waals surface area contributed by atoms with Crippen LogP contribution in [0.3, 0.4) is 0 Å². The summed E-state index contributed by atoms with van der Waals surface area (Å²) in [5, 5.41) is 7.11. The Kier molecular flexibility index (Phi) is 3.90. The largest absolute Gasteiger partial charge is 0.481 e.